The number of fused-ring (bicyclic) bond motifs is 2. The molecule has 6 rings (SSSR count). The molecule has 0 saturated carbocycles. The summed E-state index contributed by atoms with van der Waals surface area (Å²) in [4.78, 5) is 14.5. The maximum absolute atomic E-state index is 5.14. The summed E-state index contributed by atoms with van der Waals surface area (Å²) in [5, 5.41) is 2.21. The van der Waals surface area contributed by atoms with Gasteiger partial charge in [-0.15, -0.1) is 0 Å². The molecule has 0 bridgehead atoms. The molecule has 3 aromatic heterocycles. The first-order chi connectivity index (χ1) is 16.3. The van der Waals surface area contributed by atoms with E-state index in [2.05, 4.69) is 102 Å². The standard InChI is InChI=1S/C30H21N3/c1-20-12-14-21(15-13-20)24-18-27(25-10-2-6-22-8-4-16-31-29(22)25)33-28(19-24)26-11-3-7-23-9-5-17-32-30(23)26/h2-19H,1H3. The lowest BCUT2D eigenvalue weighted by Crippen LogP contribution is -1.94. The van der Waals surface area contributed by atoms with Gasteiger partial charge in [0.15, 0.2) is 0 Å². The van der Waals surface area contributed by atoms with Gasteiger partial charge < -0.3 is 0 Å². The molecule has 6 aromatic rings. The molecule has 0 saturated heterocycles. The van der Waals surface area contributed by atoms with Gasteiger partial charge >= 0.3 is 0 Å². The monoisotopic (exact) mass is 423 g/mol. The van der Waals surface area contributed by atoms with Gasteiger partial charge in [-0.1, -0.05) is 78.4 Å². The maximum atomic E-state index is 5.14. The van der Waals surface area contributed by atoms with Crippen LogP contribution in [0.25, 0.3) is 55.4 Å². The smallest absolute Gasteiger partial charge is 0.0795 e. The van der Waals surface area contributed by atoms with Crippen LogP contribution in [-0.4, -0.2) is 15.0 Å². The fraction of sp³-hybridized carbons (Fsp3) is 0.0333. The Morgan fingerprint density at radius 1 is 0.515 bits per heavy atom. The van der Waals surface area contributed by atoms with Gasteiger partial charge in [-0.2, -0.15) is 0 Å². The summed E-state index contributed by atoms with van der Waals surface area (Å²) in [5.74, 6) is 0. The minimum absolute atomic E-state index is 0.903. The van der Waals surface area contributed by atoms with Crippen LogP contribution in [0.3, 0.4) is 0 Å². The average Bonchev–Trinajstić information content (AvgIpc) is 2.88. The normalized spacial score (nSPS) is 11.2. The average molecular weight is 424 g/mol. The molecule has 3 nitrogen and oxygen atoms in total. The highest BCUT2D eigenvalue weighted by Gasteiger charge is 2.13. The number of hydrogen-bond donors (Lipinski definition) is 0. The number of hydrogen-bond acceptors (Lipinski definition) is 3. The van der Waals surface area contributed by atoms with Crippen LogP contribution in [0.2, 0.25) is 0 Å². The zero-order chi connectivity index (χ0) is 22.2. The van der Waals surface area contributed by atoms with Crippen LogP contribution in [0.4, 0.5) is 0 Å². The summed E-state index contributed by atoms with van der Waals surface area (Å²) in [6.45, 7) is 2.11. The number of nitrogens with zero attached hydrogens (tertiary/aromatic N) is 3. The Balaban J connectivity index is 1.64. The first kappa shape index (κ1) is 19.3. The molecule has 0 spiro atoms. The minimum atomic E-state index is 0.903. The van der Waals surface area contributed by atoms with Crippen molar-refractivity contribution >= 4 is 21.8 Å². The van der Waals surface area contributed by atoms with Crippen molar-refractivity contribution in [1.82, 2.24) is 15.0 Å². The highest BCUT2D eigenvalue weighted by Crippen LogP contribution is 2.34. The predicted molar refractivity (Wildman–Crippen MR) is 136 cm³/mol. The minimum Gasteiger partial charge on any atom is -0.256 e. The Bertz CT molecular complexity index is 1510. The van der Waals surface area contributed by atoms with Crippen molar-refractivity contribution in [3.63, 3.8) is 0 Å². The van der Waals surface area contributed by atoms with Crippen LogP contribution in [0.5, 0.6) is 0 Å². The molecule has 0 unspecified atom stereocenters. The van der Waals surface area contributed by atoms with Crippen LogP contribution in [0.15, 0.2) is 109 Å². The van der Waals surface area contributed by atoms with Gasteiger partial charge in [0.2, 0.25) is 0 Å². The molecular weight excluding hydrogens is 402 g/mol. The van der Waals surface area contributed by atoms with Gasteiger partial charge in [-0.3, -0.25) is 9.97 Å². The Morgan fingerprint density at radius 3 is 1.58 bits per heavy atom. The van der Waals surface area contributed by atoms with E-state index in [1.54, 1.807) is 0 Å². The van der Waals surface area contributed by atoms with E-state index in [0.717, 1.165) is 55.4 Å². The van der Waals surface area contributed by atoms with Crippen LogP contribution in [0.1, 0.15) is 5.56 Å². The molecule has 0 aliphatic rings. The van der Waals surface area contributed by atoms with Crippen molar-refractivity contribution in [1.29, 1.82) is 0 Å². The lowest BCUT2D eigenvalue weighted by molar-refractivity contribution is 1.31. The van der Waals surface area contributed by atoms with Gasteiger partial charge in [0.25, 0.3) is 0 Å². The number of aromatic nitrogens is 3. The van der Waals surface area contributed by atoms with Gasteiger partial charge in [-0.25, -0.2) is 4.98 Å². The Morgan fingerprint density at radius 2 is 1.03 bits per heavy atom. The molecule has 0 fully saturated rings. The first-order valence-electron chi connectivity index (χ1n) is 11.0. The molecular formula is C30H21N3. The van der Waals surface area contributed by atoms with Crippen molar-refractivity contribution in [2.45, 2.75) is 6.92 Å². The second-order valence-corrected chi connectivity index (χ2v) is 8.25. The number of benzene rings is 3. The first-order valence-corrected chi connectivity index (χ1v) is 11.0. The summed E-state index contributed by atoms with van der Waals surface area (Å²) in [7, 11) is 0. The van der Waals surface area contributed by atoms with E-state index in [1.165, 1.54) is 5.56 Å². The highest BCUT2D eigenvalue weighted by atomic mass is 14.7. The molecule has 156 valence electrons. The fourth-order valence-electron chi connectivity index (χ4n) is 4.34. The number of para-hydroxylation sites is 2. The Hall–Kier alpha value is -4.37. The lowest BCUT2D eigenvalue weighted by Gasteiger charge is -2.13. The number of aryl methyl sites for hydroxylation is 1. The van der Waals surface area contributed by atoms with Crippen molar-refractivity contribution in [2.75, 3.05) is 0 Å². The number of pyridine rings is 3. The largest absolute Gasteiger partial charge is 0.256 e. The summed E-state index contributed by atoms with van der Waals surface area (Å²) in [6, 6.07) is 33.6. The van der Waals surface area contributed by atoms with Crippen molar-refractivity contribution in [2.24, 2.45) is 0 Å². The Labute approximate surface area is 192 Å². The van der Waals surface area contributed by atoms with E-state index in [1.807, 2.05) is 24.5 Å². The van der Waals surface area contributed by atoms with Crippen LogP contribution in [0, 0.1) is 6.92 Å². The topological polar surface area (TPSA) is 38.7 Å². The second-order valence-electron chi connectivity index (χ2n) is 8.25. The quantitative estimate of drug-likeness (QED) is 0.296. The summed E-state index contributed by atoms with van der Waals surface area (Å²) < 4.78 is 0. The van der Waals surface area contributed by atoms with Crippen molar-refractivity contribution < 1.29 is 0 Å². The van der Waals surface area contributed by atoms with E-state index < -0.39 is 0 Å². The maximum Gasteiger partial charge on any atom is 0.0795 e. The van der Waals surface area contributed by atoms with Crippen molar-refractivity contribution in [3.8, 4) is 33.6 Å². The molecule has 3 aromatic carbocycles. The van der Waals surface area contributed by atoms with E-state index in [-0.39, 0.29) is 0 Å². The molecule has 0 aliphatic heterocycles. The molecule has 0 aliphatic carbocycles. The third kappa shape index (κ3) is 3.54. The van der Waals surface area contributed by atoms with Gasteiger partial charge in [0.05, 0.1) is 22.4 Å². The third-order valence-electron chi connectivity index (χ3n) is 6.03. The SMILES string of the molecule is Cc1ccc(-c2cc(-c3cccc4cccnc34)nc(-c3cccc4cccnc34)c2)cc1. The van der Waals surface area contributed by atoms with Crippen molar-refractivity contribution in [3.05, 3.63) is 115 Å². The second kappa shape index (κ2) is 7.95. The molecule has 3 heterocycles. The Kier molecular flexibility index (Phi) is 4.66. The van der Waals surface area contributed by atoms with E-state index in [0.29, 0.717) is 0 Å². The van der Waals surface area contributed by atoms with Gasteiger partial charge in [0.1, 0.15) is 0 Å². The molecule has 0 amide bonds. The highest BCUT2D eigenvalue weighted by molar-refractivity contribution is 5.96. The molecule has 33 heavy (non-hydrogen) atoms. The van der Waals surface area contributed by atoms with Gasteiger partial charge in [0, 0.05) is 34.3 Å². The van der Waals surface area contributed by atoms with Gasteiger partial charge in [-0.05, 0) is 42.3 Å². The van der Waals surface area contributed by atoms with Crippen LogP contribution in [-0.2, 0) is 0 Å². The zero-order valence-electron chi connectivity index (χ0n) is 18.2. The van der Waals surface area contributed by atoms with E-state index in [4.69, 9.17) is 4.98 Å². The fourth-order valence-corrected chi connectivity index (χ4v) is 4.34. The summed E-state index contributed by atoms with van der Waals surface area (Å²) in [5.41, 5.74) is 9.28. The third-order valence-corrected chi connectivity index (χ3v) is 6.03. The van der Waals surface area contributed by atoms with E-state index in [9.17, 15) is 0 Å². The van der Waals surface area contributed by atoms with Crippen LogP contribution >= 0.6 is 0 Å². The lowest BCUT2D eigenvalue weighted by atomic mass is 9.97. The molecule has 0 atom stereocenters. The van der Waals surface area contributed by atoms with E-state index >= 15 is 0 Å². The predicted octanol–water partition coefficient (Wildman–Crippen LogP) is 7.49. The number of rotatable bonds is 3. The summed E-state index contributed by atoms with van der Waals surface area (Å²) >= 11 is 0. The molecule has 0 radical (unpaired) electrons. The summed E-state index contributed by atoms with van der Waals surface area (Å²) in [6.07, 6.45) is 3.68. The zero-order valence-corrected chi connectivity index (χ0v) is 18.2. The van der Waals surface area contributed by atoms with Crippen LogP contribution < -0.4 is 0 Å². The molecule has 3 heteroatoms. The molecule has 0 N–H and O–H groups in total.